The van der Waals surface area contributed by atoms with Crippen LogP contribution in [0.3, 0.4) is 0 Å². The Morgan fingerprint density at radius 3 is 2.80 bits per heavy atom. The van der Waals surface area contributed by atoms with E-state index in [1.165, 1.54) is 0 Å². The molecule has 4 nitrogen and oxygen atoms in total. The standard InChI is InChI=1S/C15H19ClN2O2/c1-15(2,3)20-14(19)18-9-5-4-6-11-10-12(16)7-8-13(11)17/h7-8,10H,5,9,17H2,1-3H3,(H,18,19). The Hall–Kier alpha value is -1.86. The second kappa shape index (κ2) is 7.06. The minimum Gasteiger partial charge on any atom is -0.444 e. The largest absolute Gasteiger partial charge is 0.444 e. The van der Waals surface area contributed by atoms with Crippen molar-refractivity contribution >= 4 is 23.4 Å². The van der Waals surface area contributed by atoms with E-state index >= 15 is 0 Å². The molecule has 0 aliphatic carbocycles. The molecule has 0 radical (unpaired) electrons. The van der Waals surface area contributed by atoms with Crippen LogP contribution in [-0.2, 0) is 4.74 Å². The Morgan fingerprint density at radius 2 is 2.15 bits per heavy atom. The second-order valence-corrected chi connectivity index (χ2v) is 5.65. The molecule has 5 heteroatoms. The first-order valence-corrected chi connectivity index (χ1v) is 6.66. The lowest BCUT2D eigenvalue weighted by atomic mass is 10.2. The maximum absolute atomic E-state index is 11.4. The zero-order valence-electron chi connectivity index (χ0n) is 11.9. The highest BCUT2D eigenvalue weighted by molar-refractivity contribution is 6.30. The molecule has 0 unspecified atom stereocenters. The monoisotopic (exact) mass is 294 g/mol. The Labute approximate surface area is 124 Å². The van der Waals surface area contributed by atoms with E-state index in [1.54, 1.807) is 18.2 Å². The molecule has 0 saturated carbocycles. The number of alkyl carbamates (subject to hydrolysis) is 1. The van der Waals surface area contributed by atoms with Gasteiger partial charge in [0.15, 0.2) is 0 Å². The summed E-state index contributed by atoms with van der Waals surface area (Å²) in [5.41, 5.74) is 6.55. The maximum Gasteiger partial charge on any atom is 0.407 e. The van der Waals surface area contributed by atoms with Crippen LogP contribution in [0.5, 0.6) is 0 Å². The average Bonchev–Trinajstić information content (AvgIpc) is 2.30. The fraction of sp³-hybridized carbons (Fsp3) is 0.400. The van der Waals surface area contributed by atoms with Crippen LogP contribution in [0.4, 0.5) is 10.5 Å². The molecule has 0 heterocycles. The average molecular weight is 295 g/mol. The van der Waals surface area contributed by atoms with Crippen LogP contribution in [0.1, 0.15) is 32.8 Å². The molecule has 20 heavy (non-hydrogen) atoms. The Bertz CT molecular complexity index is 539. The SMILES string of the molecule is CC(C)(C)OC(=O)NCCC#Cc1cc(Cl)ccc1N. The first kappa shape index (κ1) is 16.2. The number of carbonyl (C=O) groups is 1. The summed E-state index contributed by atoms with van der Waals surface area (Å²) < 4.78 is 5.10. The molecule has 0 fully saturated rings. The van der Waals surface area contributed by atoms with E-state index in [-0.39, 0.29) is 0 Å². The van der Waals surface area contributed by atoms with Crippen LogP contribution in [0.25, 0.3) is 0 Å². The highest BCUT2D eigenvalue weighted by Crippen LogP contribution is 2.16. The number of nitrogens with one attached hydrogen (secondary N) is 1. The predicted molar refractivity (Wildman–Crippen MR) is 81.6 cm³/mol. The first-order valence-electron chi connectivity index (χ1n) is 6.29. The normalized spacial score (nSPS) is 10.4. The summed E-state index contributed by atoms with van der Waals surface area (Å²) in [7, 11) is 0. The van der Waals surface area contributed by atoms with Gasteiger partial charge in [0.05, 0.1) is 0 Å². The molecular formula is C15H19ClN2O2. The molecule has 0 aliphatic rings. The zero-order valence-corrected chi connectivity index (χ0v) is 12.7. The first-order chi connectivity index (χ1) is 9.28. The molecule has 1 rings (SSSR count). The van der Waals surface area contributed by atoms with Gasteiger partial charge in [0.25, 0.3) is 0 Å². The number of hydrogen-bond donors (Lipinski definition) is 2. The van der Waals surface area contributed by atoms with Crippen molar-refractivity contribution in [3.8, 4) is 11.8 Å². The van der Waals surface area contributed by atoms with Gasteiger partial charge < -0.3 is 15.8 Å². The van der Waals surface area contributed by atoms with Gasteiger partial charge in [0.2, 0.25) is 0 Å². The van der Waals surface area contributed by atoms with Gasteiger partial charge in [-0.25, -0.2) is 4.79 Å². The number of benzene rings is 1. The quantitative estimate of drug-likeness (QED) is 0.500. The molecule has 1 amide bonds. The van der Waals surface area contributed by atoms with Crippen LogP contribution >= 0.6 is 11.6 Å². The van der Waals surface area contributed by atoms with Gasteiger partial charge in [-0.2, -0.15) is 0 Å². The summed E-state index contributed by atoms with van der Waals surface area (Å²) in [4.78, 5) is 11.4. The number of hydrogen-bond acceptors (Lipinski definition) is 3. The predicted octanol–water partition coefficient (Wildman–Crippen LogP) is 3.19. The molecule has 1 aromatic carbocycles. The van der Waals surface area contributed by atoms with E-state index in [2.05, 4.69) is 17.2 Å². The Balaban J connectivity index is 2.40. The smallest absolute Gasteiger partial charge is 0.407 e. The van der Waals surface area contributed by atoms with Crippen molar-refractivity contribution in [3.63, 3.8) is 0 Å². The summed E-state index contributed by atoms with van der Waals surface area (Å²) in [6.07, 6.45) is 0.0622. The summed E-state index contributed by atoms with van der Waals surface area (Å²) in [5.74, 6) is 5.85. The summed E-state index contributed by atoms with van der Waals surface area (Å²) in [5, 5.41) is 3.22. The van der Waals surface area contributed by atoms with E-state index in [0.29, 0.717) is 29.2 Å². The molecule has 0 spiro atoms. The van der Waals surface area contributed by atoms with E-state index in [4.69, 9.17) is 22.1 Å². The molecule has 108 valence electrons. The van der Waals surface area contributed by atoms with Crippen LogP contribution in [0.15, 0.2) is 18.2 Å². The third kappa shape index (κ3) is 6.35. The highest BCUT2D eigenvalue weighted by atomic mass is 35.5. The van der Waals surface area contributed by atoms with Crippen molar-refractivity contribution < 1.29 is 9.53 Å². The molecule has 0 saturated heterocycles. The van der Waals surface area contributed by atoms with Crippen LogP contribution in [0.2, 0.25) is 5.02 Å². The van der Waals surface area contributed by atoms with Gasteiger partial charge >= 0.3 is 6.09 Å². The lowest BCUT2D eigenvalue weighted by Gasteiger charge is -2.19. The molecule has 0 aliphatic heterocycles. The fourth-order valence-electron chi connectivity index (χ4n) is 1.34. The number of amides is 1. The third-order valence-electron chi connectivity index (χ3n) is 2.16. The van der Waals surface area contributed by atoms with Crippen LogP contribution in [0, 0.1) is 11.8 Å². The summed E-state index contributed by atoms with van der Waals surface area (Å²) in [6.45, 7) is 5.86. The van der Waals surface area contributed by atoms with Gasteiger partial charge in [-0.05, 0) is 39.0 Å². The van der Waals surface area contributed by atoms with Crippen molar-refractivity contribution in [1.82, 2.24) is 5.32 Å². The second-order valence-electron chi connectivity index (χ2n) is 5.21. The Morgan fingerprint density at radius 1 is 1.45 bits per heavy atom. The van der Waals surface area contributed by atoms with Gasteiger partial charge in [-0.15, -0.1) is 0 Å². The molecule has 0 aromatic heterocycles. The van der Waals surface area contributed by atoms with Crippen molar-refractivity contribution in [2.24, 2.45) is 0 Å². The van der Waals surface area contributed by atoms with Gasteiger partial charge in [0.1, 0.15) is 5.60 Å². The van der Waals surface area contributed by atoms with Crippen molar-refractivity contribution in [1.29, 1.82) is 0 Å². The Kier molecular flexibility index (Phi) is 5.72. The number of carbonyl (C=O) groups excluding carboxylic acids is 1. The van der Waals surface area contributed by atoms with E-state index in [9.17, 15) is 4.79 Å². The molecule has 0 bridgehead atoms. The minimum absolute atomic E-state index is 0.419. The van der Waals surface area contributed by atoms with Crippen molar-refractivity contribution in [2.75, 3.05) is 12.3 Å². The van der Waals surface area contributed by atoms with Crippen LogP contribution < -0.4 is 11.1 Å². The maximum atomic E-state index is 11.4. The van der Waals surface area contributed by atoms with Crippen molar-refractivity contribution in [3.05, 3.63) is 28.8 Å². The number of nitrogens with two attached hydrogens (primary N) is 1. The van der Waals surface area contributed by atoms with Gasteiger partial charge in [-0.3, -0.25) is 0 Å². The topological polar surface area (TPSA) is 64.3 Å². The summed E-state index contributed by atoms with van der Waals surface area (Å²) in [6, 6.07) is 5.14. The molecular weight excluding hydrogens is 276 g/mol. The van der Waals surface area contributed by atoms with Gasteiger partial charge in [-0.1, -0.05) is 23.4 Å². The number of rotatable bonds is 2. The fourth-order valence-corrected chi connectivity index (χ4v) is 1.51. The van der Waals surface area contributed by atoms with Crippen LogP contribution in [-0.4, -0.2) is 18.2 Å². The lowest BCUT2D eigenvalue weighted by Crippen LogP contribution is -2.32. The number of nitrogen functional groups attached to an aromatic ring is 1. The molecule has 3 N–H and O–H groups in total. The highest BCUT2D eigenvalue weighted by Gasteiger charge is 2.15. The zero-order chi connectivity index (χ0) is 15.2. The third-order valence-corrected chi connectivity index (χ3v) is 2.39. The number of anilines is 1. The van der Waals surface area contributed by atoms with Crippen molar-refractivity contribution in [2.45, 2.75) is 32.8 Å². The molecule has 1 aromatic rings. The lowest BCUT2D eigenvalue weighted by molar-refractivity contribution is 0.0529. The van der Waals surface area contributed by atoms with Gasteiger partial charge in [0, 0.05) is 29.2 Å². The molecule has 0 atom stereocenters. The number of ether oxygens (including phenoxy) is 1. The van der Waals surface area contributed by atoms with E-state index in [1.807, 2.05) is 20.8 Å². The van der Waals surface area contributed by atoms with E-state index in [0.717, 1.165) is 0 Å². The number of halogens is 1. The minimum atomic E-state index is -0.495. The van der Waals surface area contributed by atoms with E-state index < -0.39 is 11.7 Å². The summed E-state index contributed by atoms with van der Waals surface area (Å²) >= 11 is 5.86.